The second kappa shape index (κ2) is 22.0. The molecule has 0 spiro atoms. The number of nitrogens with two attached hydrogens (primary N) is 3. The predicted octanol–water partition coefficient (Wildman–Crippen LogP) is -3.84. The maximum Gasteiger partial charge on any atom is 0.0897 e. The number of aliphatic hydroxyl groups is 3. The zero-order chi connectivity index (χ0) is 24.8. The van der Waals surface area contributed by atoms with Gasteiger partial charge in [-0.3, -0.25) is 0 Å². The summed E-state index contributed by atoms with van der Waals surface area (Å²) in [6.45, 7) is 7.99. The molecule has 0 aromatic rings. The molecule has 0 fully saturated rings. The lowest BCUT2D eigenvalue weighted by Gasteiger charge is -2.33. The van der Waals surface area contributed by atoms with Gasteiger partial charge in [0.1, 0.15) is 0 Å². The molecule has 0 saturated heterocycles. The summed E-state index contributed by atoms with van der Waals surface area (Å²) >= 11 is 0. The van der Waals surface area contributed by atoms with E-state index in [0.29, 0.717) is 85.1 Å². The minimum absolute atomic E-state index is 0.163. The summed E-state index contributed by atoms with van der Waals surface area (Å²) in [5, 5.41) is 39.3. The third-order valence-electron chi connectivity index (χ3n) is 5.01. The van der Waals surface area contributed by atoms with Crippen LogP contribution in [0.25, 0.3) is 0 Å². The quantitative estimate of drug-likeness (QED) is 0.0574. The van der Waals surface area contributed by atoms with Crippen LogP contribution in [0.1, 0.15) is 13.3 Å². The maximum absolute atomic E-state index is 10.1. The molecule has 3 unspecified atom stereocenters. The monoisotopic (exact) mass is 482 g/mol. The van der Waals surface area contributed by atoms with Gasteiger partial charge in [-0.25, -0.2) is 0 Å². The van der Waals surface area contributed by atoms with Gasteiger partial charge in [-0.1, -0.05) is 6.92 Å². The number of rotatable bonds is 25. The van der Waals surface area contributed by atoms with Crippen molar-refractivity contribution in [1.29, 1.82) is 0 Å². The van der Waals surface area contributed by atoms with E-state index >= 15 is 0 Å². The number of hydrogen-bond donors (Lipinski definition) is 9. The molecule has 0 aromatic heterocycles. The third kappa shape index (κ3) is 18.5. The summed E-state index contributed by atoms with van der Waals surface area (Å²) in [7, 11) is 0. The van der Waals surface area contributed by atoms with Gasteiger partial charge in [-0.15, -0.1) is 0 Å². The van der Waals surface area contributed by atoms with Gasteiger partial charge in [-0.2, -0.15) is 0 Å². The lowest BCUT2D eigenvalue weighted by molar-refractivity contribution is -0.0993. The summed E-state index contributed by atoms with van der Waals surface area (Å²) in [5.41, 5.74) is 15.8. The van der Waals surface area contributed by atoms with Crippen LogP contribution in [0.3, 0.4) is 0 Å². The van der Waals surface area contributed by atoms with Crippen molar-refractivity contribution in [2.75, 3.05) is 98.5 Å². The zero-order valence-corrected chi connectivity index (χ0v) is 20.3. The van der Waals surface area contributed by atoms with Gasteiger partial charge < -0.3 is 62.7 Å². The molecule has 12 nitrogen and oxygen atoms in total. The van der Waals surface area contributed by atoms with E-state index in [1.807, 2.05) is 6.92 Å². The molecule has 0 heterocycles. The maximum atomic E-state index is 10.1. The highest BCUT2D eigenvalue weighted by Gasteiger charge is 2.31. The van der Waals surface area contributed by atoms with Gasteiger partial charge in [0.15, 0.2) is 0 Å². The summed E-state index contributed by atoms with van der Waals surface area (Å²) < 4.78 is 17.4. The second-order valence-corrected chi connectivity index (χ2v) is 8.34. The largest absolute Gasteiger partial charge is 0.389 e. The molecular weight excluding hydrogens is 432 g/mol. The molecule has 0 aromatic carbocycles. The molecule has 0 aliphatic heterocycles. The van der Waals surface area contributed by atoms with Crippen molar-refractivity contribution < 1.29 is 29.5 Å². The Morgan fingerprint density at radius 1 is 0.636 bits per heavy atom. The fourth-order valence-electron chi connectivity index (χ4n) is 2.95. The topological polar surface area (TPSA) is 203 Å². The molecule has 200 valence electrons. The van der Waals surface area contributed by atoms with E-state index in [9.17, 15) is 15.3 Å². The molecule has 0 bridgehead atoms. The van der Waals surface area contributed by atoms with Gasteiger partial charge in [0.05, 0.1) is 58.0 Å². The van der Waals surface area contributed by atoms with Crippen molar-refractivity contribution in [3.05, 3.63) is 0 Å². The van der Waals surface area contributed by atoms with Crippen molar-refractivity contribution in [2.45, 2.75) is 31.7 Å². The van der Waals surface area contributed by atoms with E-state index in [2.05, 4.69) is 16.0 Å². The predicted molar refractivity (Wildman–Crippen MR) is 129 cm³/mol. The van der Waals surface area contributed by atoms with Gasteiger partial charge in [0, 0.05) is 64.3 Å². The van der Waals surface area contributed by atoms with Crippen LogP contribution in [-0.4, -0.2) is 132 Å². The number of aliphatic hydroxyl groups excluding tert-OH is 3. The molecule has 12 heteroatoms. The van der Waals surface area contributed by atoms with E-state index in [1.165, 1.54) is 0 Å². The smallest absolute Gasteiger partial charge is 0.0897 e. The average molecular weight is 483 g/mol. The fraction of sp³-hybridized carbons (Fsp3) is 1.00. The summed E-state index contributed by atoms with van der Waals surface area (Å²) in [5.74, 6) is 0. The van der Waals surface area contributed by atoms with Crippen molar-refractivity contribution in [3.63, 3.8) is 0 Å². The lowest BCUT2D eigenvalue weighted by Crippen LogP contribution is -2.41. The highest BCUT2D eigenvalue weighted by atomic mass is 16.5. The molecule has 0 radical (unpaired) electrons. The average Bonchev–Trinajstić information content (AvgIpc) is 2.79. The van der Waals surface area contributed by atoms with Gasteiger partial charge >= 0.3 is 0 Å². The molecule has 0 aliphatic carbocycles. The van der Waals surface area contributed by atoms with E-state index in [0.717, 1.165) is 0 Å². The van der Waals surface area contributed by atoms with Gasteiger partial charge in [0.2, 0.25) is 0 Å². The van der Waals surface area contributed by atoms with Gasteiger partial charge in [0.25, 0.3) is 0 Å². The molecule has 12 N–H and O–H groups in total. The van der Waals surface area contributed by atoms with Gasteiger partial charge in [-0.05, 0) is 6.42 Å². The summed E-state index contributed by atoms with van der Waals surface area (Å²) in [4.78, 5) is 0. The normalized spacial score (nSPS) is 16.5. The molecule has 0 saturated carbocycles. The molecular formula is C21H50N6O6. The van der Waals surface area contributed by atoms with Crippen molar-refractivity contribution >= 4 is 0 Å². The van der Waals surface area contributed by atoms with Crippen molar-refractivity contribution in [2.24, 2.45) is 22.6 Å². The number of hydrogen-bond acceptors (Lipinski definition) is 12. The Morgan fingerprint density at radius 2 is 0.939 bits per heavy atom. The van der Waals surface area contributed by atoms with E-state index in [-0.39, 0.29) is 19.8 Å². The first-order chi connectivity index (χ1) is 15.9. The Balaban J connectivity index is 4.64. The SMILES string of the molecule is CCC(COCC(O)CNCCN)(COCC(O)CNCCN)COCC(O)CNCCN. The number of nitrogens with one attached hydrogen (secondary N) is 3. The van der Waals surface area contributed by atoms with E-state index in [4.69, 9.17) is 31.4 Å². The Morgan fingerprint density at radius 3 is 1.18 bits per heavy atom. The Bertz CT molecular complexity index is 372. The zero-order valence-electron chi connectivity index (χ0n) is 20.3. The van der Waals surface area contributed by atoms with E-state index in [1.54, 1.807) is 0 Å². The Kier molecular flexibility index (Phi) is 21.7. The van der Waals surface area contributed by atoms with Crippen LogP contribution in [0.4, 0.5) is 0 Å². The minimum Gasteiger partial charge on any atom is -0.389 e. The molecule has 3 atom stereocenters. The van der Waals surface area contributed by atoms with Crippen LogP contribution in [0.2, 0.25) is 0 Å². The van der Waals surface area contributed by atoms with Crippen LogP contribution in [0, 0.1) is 5.41 Å². The second-order valence-electron chi connectivity index (χ2n) is 8.34. The van der Waals surface area contributed by atoms with Crippen LogP contribution < -0.4 is 33.2 Å². The highest BCUT2D eigenvalue weighted by molar-refractivity contribution is 4.79. The number of ether oxygens (including phenoxy) is 3. The highest BCUT2D eigenvalue weighted by Crippen LogP contribution is 2.24. The molecule has 0 amide bonds. The van der Waals surface area contributed by atoms with Crippen LogP contribution in [0.5, 0.6) is 0 Å². The summed E-state index contributed by atoms with van der Waals surface area (Å²) in [6.07, 6.45) is -1.27. The third-order valence-corrected chi connectivity index (χ3v) is 5.01. The summed E-state index contributed by atoms with van der Waals surface area (Å²) in [6, 6.07) is 0. The fourth-order valence-corrected chi connectivity index (χ4v) is 2.95. The van der Waals surface area contributed by atoms with E-state index < -0.39 is 23.7 Å². The van der Waals surface area contributed by atoms with Crippen molar-refractivity contribution in [3.8, 4) is 0 Å². The Hall–Kier alpha value is -0.480. The first kappa shape index (κ1) is 32.5. The van der Waals surface area contributed by atoms with Crippen LogP contribution in [0.15, 0.2) is 0 Å². The van der Waals surface area contributed by atoms with Crippen LogP contribution >= 0.6 is 0 Å². The van der Waals surface area contributed by atoms with Crippen LogP contribution in [-0.2, 0) is 14.2 Å². The standard InChI is InChI=1S/C21H50N6O6/c1-2-21(15-31-12-18(28)9-25-6-3-22,16-32-13-19(29)10-26-7-4-23)17-33-14-20(30)11-27-8-5-24/h18-20,25-30H,2-17,22-24H2,1H3. The van der Waals surface area contributed by atoms with Crippen molar-refractivity contribution in [1.82, 2.24) is 16.0 Å². The molecule has 0 aliphatic rings. The molecule has 33 heavy (non-hydrogen) atoms. The minimum atomic E-state index is -0.654. The first-order valence-electron chi connectivity index (χ1n) is 11.9. The Labute approximate surface area is 198 Å². The molecule has 0 rings (SSSR count). The lowest BCUT2D eigenvalue weighted by atomic mass is 9.88. The first-order valence-corrected chi connectivity index (χ1v) is 11.9.